The first-order valence-electron chi connectivity index (χ1n) is 13.9. The molecular weight excluding hydrogens is 533 g/mol. The molecule has 2 aliphatic rings. The van der Waals surface area contributed by atoms with Gasteiger partial charge in [-0.1, -0.05) is 54.6 Å². The number of rotatable bonds is 9. The van der Waals surface area contributed by atoms with Gasteiger partial charge < -0.3 is 28.8 Å². The molecule has 218 valence electrons. The van der Waals surface area contributed by atoms with E-state index < -0.39 is 24.4 Å². The van der Waals surface area contributed by atoms with Crippen LogP contribution in [-0.2, 0) is 14.0 Å². The highest BCUT2D eigenvalue weighted by atomic mass is 16.7. The summed E-state index contributed by atoms with van der Waals surface area (Å²) < 4.78 is 29.2. The Hall–Kier alpha value is -4.08. The minimum Gasteiger partial charge on any atom is -0.493 e. The Kier molecular flexibility index (Phi) is 8.17. The molecule has 0 saturated carbocycles. The number of alkyl carbamates (subject to hydrolysis) is 1. The third-order valence-corrected chi connectivity index (χ3v) is 8.39. The normalized spacial score (nSPS) is 16.9. The lowest BCUT2D eigenvalue weighted by Crippen LogP contribution is -2.41. The van der Waals surface area contributed by atoms with Gasteiger partial charge in [-0.25, -0.2) is 4.79 Å². The number of amides is 1. The molecule has 0 aromatic heterocycles. The Morgan fingerprint density at radius 2 is 1.40 bits per heavy atom. The molecule has 0 bridgehead atoms. The Bertz CT molecular complexity index is 1470. The minimum atomic E-state index is -0.767. The first-order valence-corrected chi connectivity index (χ1v) is 13.9. The number of carbonyl (C=O) groups is 2. The molecule has 0 unspecified atom stereocenters. The van der Waals surface area contributed by atoms with Crippen molar-refractivity contribution in [2.24, 2.45) is 0 Å². The van der Waals surface area contributed by atoms with Crippen LogP contribution in [0, 0.1) is 0 Å². The Labute approximate surface area is 247 Å². The van der Waals surface area contributed by atoms with Crippen LogP contribution < -0.4 is 14.8 Å². The highest BCUT2D eigenvalue weighted by Crippen LogP contribution is 2.44. The largest absolute Gasteiger partial charge is 0.493 e. The maximum atomic E-state index is 13.0. The summed E-state index contributed by atoms with van der Waals surface area (Å²) in [6, 6.07) is 19.7. The maximum absolute atomic E-state index is 13.0. The lowest BCUT2D eigenvalue weighted by Gasteiger charge is -2.32. The molecule has 0 radical (unpaired) electrons. The van der Waals surface area contributed by atoms with Crippen LogP contribution in [0.5, 0.6) is 11.5 Å². The Balaban J connectivity index is 1.37. The summed E-state index contributed by atoms with van der Waals surface area (Å²) in [6.45, 7) is 8.09. The number of hydrogen-bond acceptors (Lipinski definition) is 7. The summed E-state index contributed by atoms with van der Waals surface area (Å²) in [4.78, 5) is 25.0. The van der Waals surface area contributed by atoms with Crippen molar-refractivity contribution in [2.45, 2.75) is 44.8 Å². The second-order valence-corrected chi connectivity index (χ2v) is 11.4. The van der Waals surface area contributed by atoms with Gasteiger partial charge in [-0.2, -0.15) is 0 Å². The topological polar surface area (TPSA) is 92.3 Å². The molecule has 1 N–H and O–H groups in total. The third kappa shape index (κ3) is 5.54. The quantitative estimate of drug-likeness (QED) is 0.247. The van der Waals surface area contributed by atoms with Crippen LogP contribution in [-0.4, -0.2) is 58.1 Å². The monoisotopic (exact) mass is 569 g/mol. The first kappa shape index (κ1) is 29.4. The van der Waals surface area contributed by atoms with Crippen LogP contribution in [0.15, 0.2) is 66.1 Å². The van der Waals surface area contributed by atoms with E-state index in [1.165, 1.54) is 14.2 Å². The van der Waals surface area contributed by atoms with Gasteiger partial charge in [0.05, 0.1) is 25.4 Å². The van der Waals surface area contributed by atoms with Crippen LogP contribution in [0.25, 0.3) is 17.2 Å². The van der Waals surface area contributed by atoms with Gasteiger partial charge in [0.2, 0.25) is 0 Å². The van der Waals surface area contributed by atoms with Gasteiger partial charge in [-0.15, -0.1) is 0 Å². The fraction of sp³-hybridized carbons (Fsp3) is 0.333. The van der Waals surface area contributed by atoms with Crippen LogP contribution in [0.1, 0.15) is 60.7 Å². The molecule has 1 heterocycles. The summed E-state index contributed by atoms with van der Waals surface area (Å²) in [6.07, 6.45) is 1.95. The molecule has 0 spiro atoms. The van der Waals surface area contributed by atoms with E-state index in [2.05, 4.69) is 29.6 Å². The molecule has 1 aliphatic heterocycles. The highest BCUT2D eigenvalue weighted by molar-refractivity contribution is 6.56. The van der Waals surface area contributed by atoms with Gasteiger partial charge >= 0.3 is 13.2 Å². The van der Waals surface area contributed by atoms with Crippen molar-refractivity contribution in [2.75, 3.05) is 27.4 Å². The average Bonchev–Trinajstić information content (AvgIpc) is 3.42. The lowest BCUT2D eigenvalue weighted by molar-refractivity contribution is 0.00578. The van der Waals surface area contributed by atoms with Crippen molar-refractivity contribution in [3.8, 4) is 22.6 Å². The summed E-state index contributed by atoms with van der Waals surface area (Å²) in [7, 11) is 2.27. The molecule has 8 nitrogen and oxygen atoms in total. The Morgan fingerprint density at radius 3 is 1.93 bits per heavy atom. The first-order chi connectivity index (χ1) is 20.1. The zero-order chi connectivity index (χ0) is 30.1. The van der Waals surface area contributed by atoms with Crippen molar-refractivity contribution in [1.82, 2.24) is 5.32 Å². The molecule has 3 aromatic carbocycles. The fourth-order valence-corrected chi connectivity index (χ4v) is 5.36. The number of hydrogen-bond donors (Lipinski definition) is 1. The molecule has 42 heavy (non-hydrogen) atoms. The molecule has 1 aliphatic carbocycles. The zero-order valence-electron chi connectivity index (χ0n) is 24.9. The van der Waals surface area contributed by atoms with E-state index in [0.717, 1.165) is 28.5 Å². The van der Waals surface area contributed by atoms with Crippen LogP contribution in [0.3, 0.4) is 0 Å². The predicted molar refractivity (Wildman–Crippen MR) is 162 cm³/mol. The third-order valence-electron chi connectivity index (χ3n) is 8.39. The van der Waals surface area contributed by atoms with Gasteiger partial charge in [0, 0.05) is 18.0 Å². The van der Waals surface area contributed by atoms with Crippen LogP contribution in [0.4, 0.5) is 4.79 Å². The van der Waals surface area contributed by atoms with Gasteiger partial charge in [-0.3, -0.25) is 4.79 Å². The van der Waals surface area contributed by atoms with E-state index in [9.17, 15) is 9.59 Å². The van der Waals surface area contributed by atoms with Crippen molar-refractivity contribution in [3.63, 3.8) is 0 Å². The smallest absolute Gasteiger partial charge is 0.492 e. The SMILES string of the molecule is COc1cc(C=O)c(C=C(CNC(=O)OCC2c3ccccc3-c3ccccc32)B2OC(C)(C)C(C)(C)O2)cc1OC. The van der Waals surface area contributed by atoms with Crippen LogP contribution >= 0.6 is 0 Å². The molecule has 1 amide bonds. The van der Waals surface area contributed by atoms with E-state index in [1.54, 1.807) is 18.2 Å². The number of nitrogens with one attached hydrogen (secondary N) is 1. The van der Waals surface area contributed by atoms with E-state index >= 15 is 0 Å². The van der Waals surface area contributed by atoms with Crippen molar-refractivity contribution >= 4 is 25.6 Å². The van der Waals surface area contributed by atoms with Crippen molar-refractivity contribution in [1.29, 1.82) is 0 Å². The minimum absolute atomic E-state index is 0.0526. The number of fused-ring (bicyclic) bond motifs is 3. The van der Waals surface area contributed by atoms with Gasteiger partial charge in [0.15, 0.2) is 17.8 Å². The predicted octanol–water partition coefficient (Wildman–Crippen LogP) is 6.07. The van der Waals surface area contributed by atoms with Gasteiger partial charge in [0.25, 0.3) is 0 Å². The van der Waals surface area contributed by atoms with Crippen molar-refractivity contribution < 1.29 is 33.1 Å². The maximum Gasteiger partial charge on any atom is 0.492 e. The van der Waals surface area contributed by atoms with Gasteiger partial charge in [0.1, 0.15) is 6.61 Å². The summed E-state index contributed by atoms with van der Waals surface area (Å²) >= 11 is 0. The average molecular weight is 569 g/mol. The van der Waals surface area contributed by atoms with E-state index in [-0.39, 0.29) is 19.1 Å². The van der Waals surface area contributed by atoms with E-state index in [0.29, 0.717) is 28.1 Å². The number of aldehydes is 1. The number of benzene rings is 3. The zero-order valence-corrected chi connectivity index (χ0v) is 24.9. The van der Waals surface area contributed by atoms with E-state index in [4.69, 9.17) is 23.5 Å². The number of methoxy groups -OCH3 is 2. The standard InChI is InChI=1S/C33H36BNO7/c1-32(2)33(3,4)42-34(41-32)23(15-21-16-29(38-5)30(39-6)17-22(21)19-36)18-35-31(37)40-20-28-26-13-9-7-11-24(26)25-12-8-10-14-27(25)28/h7-17,19,28H,18,20H2,1-6H3,(H,35,37). The second-order valence-electron chi connectivity index (χ2n) is 11.4. The molecule has 5 rings (SSSR count). The lowest BCUT2D eigenvalue weighted by atomic mass is 9.76. The van der Waals surface area contributed by atoms with Gasteiger partial charge in [-0.05, 0) is 73.1 Å². The molecule has 9 heteroatoms. The van der Waals surface area contributed by atoms with Crippen molar-refractivity contribution in [3.05, 3.63) is 88.4 Å². The molecule has 1 saturated heterocycles. The number of ether oxygens (including phenoxy) is 3. The summed E-state index contributed by atoms with van der Waals surface area (Å²) in [5, 5.41) is 2.86. The number of carbonyl (C=O) groups excluding carboxylic acids is 2. The molecule has 3 aromatic rings. The van der Waals surface area contributed by atoms with E-state index in [1.807, 2.05) is 52.0 Å². The molecule has 0 atom stereocenters. The molecule has 1 fully saturated rings. The highest BCUT2D eigenvalue weighted by Gasteiger charge is 2.52. The molecular formula is C33H36BNO7. The Morgan fingerprint density at radius 1 is 0.881 bits per heavy atom. The second kappa shape index (κ2) is 11.7. The van der Waals surface area contributed by atoms with Crippen LogP contribution in [0.2, 0.25) is 0 Å². The fourth-order valence-electron chi connectivity index (χ4n) is 5.36. The summed E-state index contributed by atoms with van der Waals surface area (Å²) in [5.74, 6) is 0.848. The summed E-state index contributed by atoms with van der Waals surface area (Å²) in [5.41, 5.74) is 4.96.